The van der Waals surface area contributed by atoms with E-state index in [0.717, 1.165) is 32.6 Å². The minimum atomic E-state index is -0.173. The summed E-state index contributed by atoms with van der Waals surface area (Å²) in [6.07, 6.45) is 1.01. The van der Waals surface area contributed by atoms with Gasteiger partial charge in [-0.25, -0.2) is 0 Å². The molecular formula is C15H21FN2. The molecule has 18 heavy (non-hydrogen) atoms. The molecule has 98 valence electrons. The van der Waals surface area contributed by atoms with Gasteiger partial charge in [-0.05, 0) is 25.6 Å². The van der Waals surface area contributed by atoms with E-state index in [0.29, 0.717) is 6.04 Å². The highest BCUT2D eigenvalue weighted by molar-refractivity contribution is 5.16. The molecule has 2 aliphatic rings. The molecule has 0 radical (unpaired) electrons. The minimum Gasteiger partial charge on any atom is -0.304 e. The molecule has 1 aromatic rings. The summed E-state index contributed by atoms with van der Waals surface area (Å²) in [5.41, 5.74) is 1.24. The topological polar surface area (TPSA) is 6.48 Å². The summed E-state index contributed by atoms with van der Waals surface area (Å²) in [5, 5.41) is 0. The molecular weight excluding hydrogens is 227 g/mol. The Morgan fingerprint density at radius 3 is 2.83 bits per heavy atom. The molecule has 0 aromatic heterocycles. The lowest BCUT2D eigenvalue weighted by Gasteiger charge is -2.28. The third kappa shape index (κ3) is 1.95. The van der Waals surface area contributed by atoms with Crippen molar-refractivity contribution in [3.05, 3.63) is 35.9 Å². The fraction of sp³-hybridized carbons (Fsp3) is 0.600. The van der Waals surface area contributed by atoms with Crippen LogP contribution in [0.5, 0.6) is 0 Å². The van der Waals surface area contributed by atoms with Crippen LogP contribution in [0.4, 0.5) is 4.39 Å². The first-order chi connectivity index (χ1) is 8.73. The summed E-state index contributed by atoms with van der Waals surface area (Å²) in [7, 11) is 2.11. The monoisotopic (exact) mass is 248 g/mol. The molecule has 2 unspecified atom stereocenters. The van der Waals surface area contributed by atoms with Gasteiger partial charge in [-0.2, -0.15) is 0 Å². The summed E-state index contributed by atoms with van der Waals surface area (Å²) >= 11 is 0. The molecule has 0 amide bonds. The van der Waals surface area contributed by atoms with Gasteiger partial charge in [0.15, 0.2) is 0 Å². The maximum Gasteiger partial charge on any atom is 0.0978 e. The standard InChI is InChI=1S/C15H21FN2/c1-17-10-14-15(11-16,12-17)7-8-18(14)9-13-5-3-2-4-6-13/h2-6,14H,7-12H2,1H3. The molecule has 0 bridgehead atoms. The second-order valence-electron chi connectivity index (χ2n) is 5.91. The molecule has 0 saturated carbocycles. The molecule has 2 saturated heterocycles. The molecule has 3 heteroatoms. The number of likely N-dealkylation sites (tertiary alicyclic amines) is 2. The van der Waals surface area contributed by atoms with E-state index in [1.165, 1.54) is 5.56 Å². The quantitative estimate of drug-likeness (QED) is 0.809. The number of benzene rings is 1. The smallest absolute Gasteiger partial charge is 0.0978 e. The molecule has 2 fully saturated rings. The van der Waals surface area contributed by atoms with Gasteiger partial charge < -0.3 is 4.90 Å². The van der Waals surface area contributed by atoms with Crippen molar-refractivity contribution < 1.29 is 4.39 Å². The van der Waals surface area contributed by atoms with Crippen LogP contribution in [0.1, 0.15) is 12.0 Å². The number of hydrogen-bond donors (Lipinski definition) is 0. The predicted molar refractivity (Wildman–Crippen MR) is 71.2 cm³/mol. The predicted octanol–water partition coefficient (Wildman–Crippen LogP) is 2.16. The van der Waals surface area contributed by atoms with Crippen LogP contribution in [0.3, 0.4) is 0 Å². The Balaban J connectivity index is 1.75. The lowest BCUT2D eigenvalue weighted by atomic mass is 9.84. The molecule has 2 heterocycles. The van der Waals surface area contributed by atoms with Crippen LogP contribution >= 0.6 is 0 Å². The number of nitrogens with zero attached hydrogens (tertiary/aromatic N) is 2. The van der Waals surface area contributed by atoms with E-state index in [1.54, 1.807) is 0 Å². The van der Waals surface area contributed by atoms with E-state index < -0.39 is 0 Å². The molecule has 2 atom stereocenters. The third-order valence-corrected chi connectivity index (χ3v) is 4.61. The average Bonchev–Trinajstić information content (AvgIpc) is 2.88. The number of likely N-dealkylation sites (N-methyl/N-ethyl adjacent to an activating group) is 1. The van der Waals surface area contributed by atoms with Gasteiger partial charge in [0.25, 0.3) is 0 Å². The van der Waals surface area contributed by atoms with Crippen molar-refractivity contribution in [3.63, 3.8) is 0 Å². The van der Waals surface area contributed by atoms with Crippen molar-refractivity contribution in [2.45, 2.75) is 19.0 Å². The molecule has 2 nitrogen and oxygen atoms in total. The largest absolute Gasteiger partial charge is 0.304 e. The Hall–Kier alpha value is -0.930. The van der Waals surface area contributed by atoms with Gasteiger partial charge in [0, 0.05) is 31.1 Å². The summed E-state index contributed by atoms with van der Waals surface area (Å²) in [5.74, 6) is 0. The Morgan fingerprint density at radius 2 is 2.11 bits per heavy atom. The van der Waals surface area contributed by atoms with Crippen LogP contribution in [0, 0.1) is 5.41 Å². The number of hydrogen-bond acceptors (Lipinski definition) is 2. The van der Waals surface area contributed by atoms with Crippen LogP contribution in [-0.4, -0.2) is 49.2 Å². The van der Waals surface area contributed by atoms with Crippen molar-refractivity contribution in [3.8, 4) is 0 Å². The Kier molecular flexibility index (Phi) is 3.12. The highest BCUT2D eigenvalue weighted by Crippen LogP contribution is 2.43. The Bertz CT molecular complexity index is 408. The van der Waals surface area contributed by atoms with Crippen LogP contribution in [-0.2, 0) is 6.54 Å². The molecule has 0 aliphatic carbocycles. The second kappa shape index (κ2) is 4.63. The van der Waals surface area contributed by atoms with Gasteiger partial charge in [0.2, 0.25) is 0 Å². The molecule has 0 N–H and O–H groups in total. The highest BCUT2D eigenvalue weighted by Gasteiger charge is 2.52. The third-order valence-electron chi connectivity index (χ3n) is 4.61. The van der Waals surface area contributed by atoms with Crippen molar-refractivity contribution >= 4 is 0 Å². The highest BCUT2D eigenvalue weighted by atomic mass is 19.1. The van der Waals surface area contributed by atoms with E-state index >= 15 is 0 Å². The Morgan fingerprint density at radius 1 is 1.33 bits per heavy atom. The maximum absolute atomic E-state index is 13.5. The van der Waals surface area contributed by atoms with E-state index in [9.17, 15) is 4.39 Å². The summed E-state index contributed by atoms with van der Waals surface area (Å²) in [4.78, 5) is 4.75. The Labute approximate surface area is 108 Å². The SMILES string of the molecule is CN1CC2N(Cc3ccccc3)CCC2(CF)C1. The van der Waals surface area contributed by atoms with Crippen molar-refractivity contribution in [2.24, 2.45) is 5.41 Å². The van der Waals surface area contributed by atoms with Crippen LogP contribution < -0.4 is 0 Å². The van der Waals surface area contributed by atoms with Gasteiger partial charge in [-0.3, -0.25) is 9.29 Å². The van der Waals surface area contributed by atoms with Crippen molar-refractivity contribution in [2.75, 3.05) is 33.4 Å². The number of fused-ring (bicyclic) bond motifs is 1. The number of rotatable bonds is 3. The van der Waals surface area contributed by atoms with Crippen molar-refractivity contribution in [1.82, 2.24) is 9.80 Å². The first-order valence-electron chi connectivity index (χ1n) is 6.76. The van der Waals surface area contributed by atoms with E-state index in [4.69, 9.17) is 0 Å². The fourth-order valence-corrected chi connectivity index (χ4v) is 3.67. The van der Waals surface area contributed by atoms with Gasteiger partial charge in [0.05, 0.1) is 6.67 Å². The summed E-state index contributed by atoms with van der Waals surface area (Å²) in [6, 6.07) is 10.9. The summed E-state index contributed by atoms with van der Waals surface area (Å²) in [6.45, 7) is 3.75. The zero-order valence-corrected chi connectivity index (χ0v) is 11.0. The van der Waals surface area contributed by atoms with E-state index in [-0.39, 0.29) is 12.1 Å². The zero-order chi connectivity index (χ0) is 12.6. The fourth-order valence-electron chi connectivity index (χ4n) is 3.67. The number of halogens is 1. The summed E-state index contributed by atoms with van der Waals surface area (Å²) < 4.78 is 13.5. The molecule has 2 aliphatic heterocycles. The number of alkyl halides is 1. The van der Waals surface area contributed by atoms with Gasteiger partial charge in [0.1, 0.15) is 0 Å². The molecule has 0 spiro atoms. The first kappa shape index (κ1) is 12.1. The van der Waals surface area contributed by atoms with Crippen LogP contribution in [0.2, 0.25) is 0 Å². The lowest BCUT2D eigenvalue weighted by molar-refractivity contribution is 0.161. The molecule has 3 rings (SSSR count). The molecule has 1 aromatic carbocycles. The second-order valence-corrected chi connectivity index (χ2v) is 5.91. The normalized spacial score (nSPS) is 32.9. The lowest BCUT2D eigenvalue weighted by Crippen LogP contribution is -2.39. The average molecular weight is 248 g/mol. The van der Waals surface area contributed by atoms with Crippen LogP contribution in [0.25, 0.3) is 0 Å². The van der Waals surface area contributed by atoms with Crippen LogP contribution in [0.15, 0.2) is 30.3 Å². The minimum absolute atomic E-state index is 0.0937. The van der Waals surface area contributed by atoms with Gasteiger partial charge in [-0.15, -0.1) is 0 Å². The van der Waals surface area contributed by atoms with Gasteiger partial charge in [-0.1, -0.05) is 30.3 Å². The first-order valence-corrected chi connectivity index (χ1v) is 6.76. The van der Waals surface area contributed by atoms with E-state index in [1.807, 2.05) is 6.07 Å². The maximum atomic E-state index is 13.5. The zero-order valence-electron chi connectivity index (χ0n) is 11.0. The van der Waals surface area contributed by atoms with Gasteiger partial charge >= 0.3 is 0 Å². The van der Waals surface area contributed by atoms with E-state index in [2.05, 4.69) is 41.1 Å². The van der Waals surface area contributed by atoms with Crippen molar-refractivity contribution in [1.29, 1.82) is 0 Å².